The van der Waals surface area contributed by atoms with Gasteiger partial charge in [-0.3, -0.25) is 4.79 Å². The van der Waals surface area contributed by atoms with Crippen LogP contribution in [-0.2, 0) is 4.79 Å². The molecule has 4 heterocycles. The number of nitrogens with one attached hydrogen (secondary N) is 1. The van der Waals surface area contributed by atoms with E-state index in [1.807, 2.05) is 12.1 Å². The van der Waals surface area contributed by atoms with Crippen molar-refractivity contribution in [2.75, 3.05) is 18.4 Å². The molecule has 0 spiro atoms. The summed E-state index contributed by atoms with van der Waals surface area (Å²) >= 11 is 0. The molecule has 0 unspecified atom stereocenters. The Bertz CT molecular complexity index is 1520. The first-order chi connectivity index (χ1) is 17.2. The quantitative estimate of drug-likeness (QED) is 0.441. The molecule has 0 radical (unpaired) electrons. The molecule has 186 valence electrons. The number of anilines is 1. The minimum atomic E-state index is -2.92. The highest BCUT2D eigenvalue weighted by Crippen LogP contribution is 2.33. The van der Waals surface area contributed by atoms with E-state index in [0.29, 0.717) is 47.8 Å². The molecule has 0 aliphatic carbocycles. The first-order valence-corrected chi connectivity index (χ1v) is 11.4. The number of benzene rings is 1. The maximum atomic E-state index is 14.8. The first kappa shape index (κ1) is 23.6. The van der Waals surface area contributed by atoms with Gasteiger partial charge in [-0.1, -0.05) is 24.3 Å². The monoisotopic (exact) mass is 496 g/mol. The van der Waals surface area contributed by atoms with Crippen molar-refractivity contribution in [1.82, 2.24) is 34.9 Å². The smallest absolute Gasteiger partial charge is 0.266 e. The highest BCUT2D eigenvalue weighted by Gasteiger charge is 2.23. The van der Waals surface area contributed by atoms with Gasteiger partial charge < -0.3 is 10.2 Å². The third kappa shape index (κ3) is 4.12. The van der Waals surface area contributed by atoms with Gasteiger partial charge in [-0.2, -0.15) is 4.52 Å². The number of pyridine rings is 1. The number of carbonyl (C=O) groups is 1. The molecule has 9 nitrogen and oxygen atoms in total. The summed E-state index contributed by atoms with van der Waals surface area (Å²) in [5.41, 5.74) is 2.16. The molecular formula is C24H23F3N8O. The third-order valence-corrected chi connectivity index (χ3v) is 6.35. The SMILES string of the molecule is CC(=O)N1CC=C(c2cc3c(N[C@H](C)c4cccc(C(F)F)c4F)nc(C)nc3n3nnnc23)CC1. The van der Waals surface area contributed by atoms with Crippen LogP contribution in [0.2, 0.25) is 0 Å². The molecule has 1 N–H and O–H groups in total. The number of alkyl halides is 2. The second-order valence-electron chi connectivity index (χ2n) is 8.69. The number of hydrogen-bond acceptors (Lipinski definition) is 7. The zero-order valence-electron chi connectivity index (χ0n) is 19.8. The summed E-state index contributed by atoms with van der Waals surface area (Å²) in [4.78, 5) is 22.5. The normalized spacial score (nSPS) is 15.0. The molecule has 0 fully saturated rings. The van der Waals surface area contributed by atoms with Gasteiger partial charge in [0.05, 0.1) is 17.0 Å². The number of fused-ring (bicyclic) bond motifs is 3. The van der Waals surface area contributed by atoms with Gasteiger partial charge in [0.25, 0.3) is 6.43 Å². The molecule has 1 aliphatic rings. The van der Waals surface area contributed by atoms with Gasteiger partial charge in [-0.05, 0) is 42.3 Å². The summed E-state index contributed by atoms with van der Waals surface area (Å²) in [6.45, 7) is 5.96. The van der Waals surface area contributed by atoms with E-state index < -0.39 is 23.8 Å². The highest BCUT2D eigenvalue weighted by molar-refractivity contribution is 5.94. The first-order valence-electron chi connectivity index (χ1n) is 11.4. The summed E-state index contributed by atoms with van der Waals surface area (Å²) in [5, 5.41) is 15.9. The maximum Gasteiger partial charge on any atom is 0.266 e. The van der Waals surface area contributed by atoms with Crippen molar-refractivity contribution in [3.05, 3.63) is 58.7 Å². The number of rotatable bonds is 5. The fourth-order valence-electron chi connectivity index (χ4n) is 4.47. The number of aromatic nitrogens is 6. The Morgan fingerprint density at radius 3 is 2.64 bits per heavy atom. The lowest BCUT2D eigenvalue weighted by Gasteiger charge is -2.25. The average molecular weight is 496 g/mol. The van der Waals surface area contributed by atoms with Crippen molar-refractivity contribution in [3.8, 4) is 0 Å². The van der Waals surface area contributed by atoms with Crippen LogP contribution in [0.5, 0.6) is 0 Å². The van der Waals surface area contributed by atoms with Gasteiger partial charge >= 0.3 is 0 Å². The minimum Gasteiger partial charge on any atom is -0.363 e. The average Bonchev–Trinajstić information content (AvgIpc) is 3.34. The van der Waals surface area contributed by atoms with Gasteiger partial charge in [0.1, 0.15) is 17.5 Å². The van der Waals surface area contributed by atoms with Crippen LogP contribution in [-0.4, -0.2) is 53.9 Å². The van der Waals surface area contributed by atoms with Crippen LogP contribution in [0.1, 0.15) is 55.3 Å². The Morgan fingerprint density at radius 2 is 1.94 bits per heavy atom. The van der Waals surface area contributed by atoms with E-state index >= 15 is 0 Å². The topological polar surface area (TPSA) is 101 Å². The molecule has 0 saturated carbocycles. The predicted molar refractivity (Wildman–Crippen MR) is 127 cm³/mol. The van der Waals surface area contributed by atoms with Crippen LogP contribution < -0.4 is 5.32 Å². The molecule has 1 aromatic carbocycles. The van der Waals surface area contributed by atoms with Gasteiger partial charge in [0, 0.05) is 31.1 Å². The number of amides is 1. The summed E-state index contributed by atoms with van der Waals surface area (Å²) in [6.07, 6.45) is -0.334. The zero-order valence-corrected chi connectivity index (χ0v) is 19.8. The van der Waals surface area contributed by atoms with Crippen LogP contribution >= 0.6 is 0 Å². The van der Waals surface area contributed by atoms with E-state index in [1.54, 1.807) is 18.7 Å². The summed E-state index contributed by atoms with van der Waals surface area (Å²) < 4.78 is 42.8. The molecular weight excluding hydrogens is 473 g/mol. The van der Waals surface area contributed by atoms with Crippen molar-refractivity contribution in [3.63, 3.8) is 0 Å². The van der Waals surface area contributed by atoms with Crippen LogP contribution in [0, 0.1) is 12.7 Å². The number of halogens is 3. The van der Waals surface area contributed by atoms with E-state index in [4.69, 9.17) is 0 Å². The molecule has 12 heteroatoms. The van der Waals surface area contributed by atoms with Crippen LogP contribution in [0.4, 0.5) is 19.0 Å². The number of hydrogen-bond donors (Lipinski definition) is 1. The van der Waals surface area contributed by atoms with Crippen LogP contribution in [0.25, 0.3) is 22.3 Å². The standard InChI is InChI=1S/C24H23F3N8O/c1-12(16-5-4-6-17(20(16)25)21(26)27)28-22-19-11-18(15-7-9-34(10-8-15)14(3)36)24-31-32-33-35(24)23(19)30-13(2)29-22/h4-7,11-12,21H,8-10H2,1-3H3,(H,28,29,30)/t12-/m1/s1. The molecule has 3 aromatic heterocycles. The number of tetrazole rings is 1. The Morgan fingerprint density at radius 1 is 1.17 bits per heavy atom. The minimum absolute atomic E-state index is 0.00518. The maximum absolute atomic E-state index is 14.8. The zero-order chi connectivity index (χ0) is 25.6. The Labute approximate surface area is 204 Å². The molecule has 0 bridgehead atoms. The van der Waals surface area contributed by atoms with E-state index in [9.17, 15) is 18.0 Å². The van der Waals surface area contributed by atoms with Crippen molar-refractivity contribution in [2.45, 2.75) is 39.7 Å². The van der Waals surface area contributed by atoms with Crippen molar-refractivity contribution in [2.24, 2.45) is 0 Å². The molecule has 5 rings (SSSR count). The predicted octanol–water partition coefficient (Wildman–Crippen LogP) is 4.26. The lowest BCUT2D eigenvalue weighted by atomic mass is 9.99. The van der Waals surface area contributed by atoms with Crippen molar-refractivity contribution in [1.29, 1.82) is 0 Å². The lowest BCUT2D eigenvalue weighted by molar-refractivity contribution is -0.128. The lowest BCUT2D eigenvalue weighted by Crippen LogP contribution is -2.32. The Hall–Kier alpha value is -4.09. The van der Waals surface area contributed by atoms with Crippen LogP contribution in [0.3, 0.4) is 0 Å². The second kappa shape index (κ2) is 9.17. The molecule has 1 atom stereocenters. The molecule has 0 saturated heterocycles. The van der Waals surface area contributed by atoms with Crippen LogP contribution in [0.15, 0.2) is 30.3 Å². The van der Waals surface area contributed by atoms with Gasteiger partial charge in [0.2, 0.25) is 5.91 Å². The van der Waals surface area contributed by atoms with E-state index in [-0.39, 0.29) is 11.5 Å². The highest BCUT2D eigenvalue weighted by atomic mass is 19.3. The number of aryl methyl sites for hydroxylation is 1. The fourth-order valence-corrected chi connectivity index (χ4v) is 4.47. The largest absolute Gasteiger partial charge is 0.363 e. The number of carbonyl (C=O) groups excluding carboxylic acids is 1. The Kier molecular flexibility index (Phi) is 6.02. The summed E-state index contributed by atoms with van der Waals surface area (Å²) in [5.74, 6) is -0.121. The molecule has 36 heavy (non-hydrogen) atoms. The fraction of sp³-hybridized carbons (Fsp3) is 0.333. The van der Waals surface area contributed by atoms with Gasteiger partial charge in [-0.15, -0.1) is 5.10 Å². The third-order valence-electron chi connectivity index (χ3n) is 6.35. The van der Waals surface area contributed by atoms with Gasteiger partial charge in [-0.25, -0.2) is 23.1 Å². The van der Waals surface area contributed by atoms with Gasteiger partial charge in [0.15, 0.2) is 11.3 Å². The molecule has 1 amide bonds. The van der Waals surface area contributed by atoms with E-state index in [0.717, 1.165) is 17.2 Å². The number of nitrogens with zero attached hydrogens (tertiary/aromatic N) is 7. The second-order valence-corrected chi connectivity index (χ2v) is 8.69. The van der Waals surface area contributed by atoms with E-state index in [1.165, 1.54) is 23.6 Å². The van der Waals surface area contributed by atoms with E-state index in [2.05, 4.69) is 30.8 Å². The van der Waals surface area contributed by atoms with Crippen molar-refractivity contribution < 1.29 is 18.0 Å². The summed E-state index contributed by atoms with van der Waals surface area (Å²) in [7, 11) is 0. The molecule has 4 aromatic rings. The molecule has 1 aliphatic heterocycles. The summed E-state index contributed by atoms with van der Waals surface area (Å²) in [6, 6.07) is 5.15. The van der Waals surface area contributed by atoms with Crippen molar-refractivity contribution >= 4 is 34.0 Å². The Balaban J connectivity index is 1.61.